The first kappa shape index (κ1) is 17.6. The zero-order chi connectivity index (χ0) is 16.9. The summed E-state index contributed by atoms with van der Waals surface area (Å²) in [6, 6.07) is 6.15. The molecule has 0 aliphatic rings. The number of hydrogen-bond acceptors (Lipinski definition) is 4. The van der Waals surface area contributed by atoms with Crippen molar-refractivity contribution >= 4 is 23.5 Å². The largest absolute Gasteiger partial charge is 0.479 e. The van der Waals surface area contributed by atoms with E-state index in [-0.39, 0.29) is 11.8 Å². The van der Waals surface area contributed by atoms with Gasteiger partial charge in [0.15, 0.2) is 5.60 Å². The van der Waals surface area contributed by atoms with E-state index in [1.807, 2.05) is 0 Å². The third-order valence-electron chi connectivity index (χ3n) is 2.99. The van der Waals surface area contributed by atoms with Crippen LogP contribution in [0, 0.1) is 5.92 Å². The summed E-state index contributed by atoms with van der Waals surface area (Å²) in [7, 11) is 0. The molecule has 7 nitrogen and oxygen atoms in total. The number of carboxylic acid groups (broad SMARTS) is 1. The molecule has 120 valence electrons. The Morgan fingerprint density at radius 3 is 2.18 bits per heavy atom. The van der Waals surface area contributed by atoms with E-state index >= 15 is 0 Å². The number of hydrogen-bond donors (Lipinski definition) is 4. The molecule has 1 rings (SSSR count). The van der Waals surface area contributed by atoms with Gasteiger partial charge in [0.25, 0.3) is 5.91 Å². The Balaban J connectivity index is 2.65. The molecule has 0 heterocycles. The molecule has 0 fully saturated rings. The lowest BCUT2D eigenvalue weighted by Gasteiger charge is -2.18. The van der Waals surface area contributed by atoms with E-state index in [1.165, 1.54) is 12.1 Å². The molecule has 1 aromatic rings. The van der Waals surface area contributed by atoms with Crippen molar-refractivity contribution in [3.63, 3.8) is 0 Å². The van der Waals surface area contributed by atoms with Gasteiger partial charge >= 0.3 is 5.97 Å². The number of aliphatic hydroxyl groups is 1. The summed E-state index contributed by atoms with van der Waals surface area (Å²) < 4.78 is 0. The van der Waals surface area contributed by atoms with Crippen LogP contribution < -0.4 is 10.6 Å². The number of carbonyl (C=O) groups excluding carboxylic acids is 2. The fourth-order valence-corrected chi connectivity index (χ4v) is 1.42. The van der Waals surface area contributed by atoms with Crippen molar-refractivity contribution in [2.45, 2.75) is 26.4 Å². The van der Waals surface area contributed by atoms with Crippen LogP contribution in [-0.4, -0.2) is 40.1 Å². The molecule has 4 N–H and O–H groups in total. The van der Waals surface area contributed by atoms with E-state index < -0.39 is 24.0 Å². The zero-order valence-corrected chi connectivity index (χ0v) is 12.7. The molecule has 1 atom stereocenters. The maximum Gasteiger partial charge on any atom is 0.337 e. The molecule has 22 heavy (non-hydrogen) atoms. The lowest BCUT2D eigenvalue weighted by atomic mass is 10.1. The van der Waals surface area contributed by atoms with Crippen molar-refractivity contribution in [2.75, 3.05) is 11.9 Å². The Bertz CT molecular complexity index is 564. The van der Waals surface area contributed by atoms with Gasteiger partial charge in [-0.1, -0.05) is 13.8 Å². The van der Waals surface area contributed by atoms with Gasteiger partial charge < -0.3 is 20.8 Å². The first-order chi connectivity index (χ1) is 10.1. The lowest BCUT2D eigenvalue weighted by molar-refractivity contribution is -0.155. The van der Waals surface area contributed by atoms with Gasteiger partial charge in [-0.15, -0.1) is 0 Å². The Kier molecular flexibility index (Phi) is 5.64. The van der Waals surface area contributed by atoms with Crippen molar-refractivity contribution < 1.29 is 24.6 Å². The SMILES string of the molecule is CC(C)C(=O)Nc1ccc(C(=O)NCC(C)(O)C(=O)O)cc1. The zero-order valence-electron chi connectivity index (χ0n) is 12.7. The number of nitrogens with one attached hydrogen (secondary N) is 2. The first-order valence-electron chi connectivity index (χ1n) is 6.78. The van der Waals surface area contributed by atoms with Crippen LogP contribution in [0.4, 0.5) is 5.69 Å². The summed E-state index contributed by atoms with van der Waals surface area (Å²) in [5, 5.41) is 23.3. The molecule has 0 radical (unpaired) electrons. The number of aliphatic carboxylic acids is 1. The van der Waals surface area contributed by atoms with Crippen LogP contribution in [-0.2, 0) is 9.59 Å². The van der Waals surface area contributed by atoms with Gasteiger partial charge in [0, 0.05) is 17.2 Å². The van der Waals surface area contributed by atoms with E-state index in [9.17, 15) is 19.5 Å². The Labute approximate surface area is 128 Å². The average molecular weight is 308 g/mol. The maximum atomic E-state index is 11.9. The van der Waals surface area contributed by atoms with Crippen LogP contribution in [0.25, 0.3) is 0 Å². The van der Waals surface area contributed by atoms with Crippen LogP contribution in [0.15, 0.2) is 24.3 Å². The van der Waals surface area contributed by atoms with Crippen LogP contribution in [0.1, 0.15) is 31.1 Å². The summed E-state index contributed by atoms with van der Waals surface area (Å²) in [5.74, 6) is -2.21. The molecule has 0 saturated carbocycles. The Hall–Kier alpha value is -2.41. The van der Waals surface area contributed by atoms with Crippen molar-refractivity contribution in [2.24, 2.45) is 5.92 Å². The van der Waals surface area contributed by atoms with Crippen LogP contribution >= 0.6 is 0 Å². The molecular weight excluding hydrogens is 288 g/mol. The number of anilines is 1. The van der Waals surface area contributed by atoms with Gasteiger partial charge in [-0.05, 0) is 31.2 Å². The molecule has 0 spiro atoms. The van der Waals surface area contributed by atoms with E-state index in [1.54, 1.807) is 26.0 Å². The quantitative estimate of drug-likeness (QED) is 0.621. The predicted molar refractivity (Wildman–Crippen MR) is 80.5 cm³/mol. The third kappa shape index (κ3) is 4.85. The molecular formula is C15H20N2O5. The fraction of sp³-hybridized carbons (Fsp3) is 0.400. The number of amides is 2. The van der Waals surface area contributed by atoms with E-state index in [0.29, 0.717) is 11.3 Å². The molecule has 0 bridgehead atoms. The van der Waals surface area contributed by atoms with Crippen molar-refractivity contribution in [3.8, 4) is 0 Å². The van der Waals surface area contributed by atoms with E-state index in [0.717, 1.165) is 6.92 Å². The van der Waals surface area contributed by atoms with Crippen molar-refractivity contribution in [1.29, 1.82) is 0 Å². The highest BCUT2D eigenvalue weighted by Crippen LogP contribution is 2.11. The molecule has 1 unspecified atom stereocenters. The number of rotatable bonds is 6. The Morgan fingerprint density at radius 2 is 1.73 bits per heavy atom. The summed E-state index contributed by atoms with van der Waals surface area (Å²) in [4.78, 5) is 34.1. The summed E-state index contributed by atoms with van der Waals surface area (Å²) >= 11 is 0. The number of benzene rings is 1. The molecule has 2 amide bonds. The minimum absolute atomic E-state index is 0.130. The van der Waals surface area contributed by atoms with Gasteiger partial charge in [0.1, 0.15) is 0 Å². The van der Waals surface area contributed by atoms with Gasteiger partial charge in [0.2, 0.25) is 5.91 Å². The van der Waals surface area contributed by atoms with Gasteiger partial charge in [-0.3, -0.25) is 9.59 Å². The summed E-state index contributed by atoms with van der Waals surface area (Å²) in [6.07, 6.45) is 0. The second kappa shape index (κ2) is 7.04. The lowest BCUT2D eigenvalue weighted by Crippen LogP contribution is -2.46. The smallest absolute Gasteiger partial charge is 0.337 e. The molecule has 0 aliphatic carbocycles. The minimum Gasteiger partial charge on any atom is -0.479 e. The molecule has 0 saturated heterocycles. The number of carbonyl (C=O) groups is 3. The topological polar surface area (TPSA) is 116 Å². The molecule has 0 aromatic heterocycles. The van der Waals surface area contributed by atoms with Gasteiger partial charge in [-0.25, -0.2) is 4.79 Å². The third-order valence-corrected chi connectivity index (χ3v) is 2.99. The fourth-order valence-electron chi connectivity index (χ4n) is 1.42. The standard InChI is InChI=1S/C15H20N2O5/c1-9(2)12(18)17-11-6-4-10(5-7-11)13(19)16-8-15(3,22)14(20)21/h4-7,9,22H,8H2,1-3H3,(H,16,19)(H,17,18)(H,20,21). The first-order valence-corrected chi connectivity index (χ1v) is 6.78. The second-order valence-electron chi connectivity index (χ2n) is 5.48. The molecule has 1 aromatic carbocycles. The van der Waals surface area contributed by atoms with Gasteiger partial charge in [-0.2, -0.15) is 0 Å². The normalized spacial score (nSPS) is 13.3. The molecule has 7 heteroatoms. The average Bonchev–Trinajstić information content (AvgIpc) is 2.45. The highest BCUT2D eigenvalue weighted by molar-refractivity contribution is 5.96. The minimum atomic E-state index is -2.03. The van der Waals surface area contributed by atoms with Crippen molar-refractivity contribution in [1.82, 2.24) is 5.32 Å². The van der Waals surface area contributed by atoms with E-state index in [4.69, 9.17) is 5.11 Å². The van der Waals surface area contributed by atoms with Crippen LogP contribution in [0.3, 0.4) is 0 Å². The highest BCUT2D eigenvalue weighted by Gasteiger charge is 2.30. The van der Waals surface area contributed by atoms with Crippen LogP contribution in [0.5, 0.6) is 0 Å². The van der Waals surface area contributed by atoms with Crippen molar-refractivity contribution in [3.05, 3.63) is 29.8 Å². The Morgan fingerprint density at radius 1 is 1.18 bits per heavy atom. The monoisotopic (exact) mass is 308 g/mol. The van der Waals surface area contributed by atoms with Gasteiger partial charge in [0.05, 0.1) is 6.54 Å². The highest BCUT2D eigenvalue weighted by atomic mass is 16.4. The summed E-state index contributed by atoms with van der Waals surface area (Å²) in [5.41, 5.74) is -1.17. The van der Waals surface area contributed by atoms with Crippen LogP contribution in [0.2, 0.25) is 0 Å². The predicted octanol–water partition coefficient (Wildman–Crippen LogP) is 0.846. The molecule has 0 aliphatic heterocycles. The number of carboxylic acids is 1. The summed E-state index contributed by atoms with van der Waals surface area (Å²) in [6.45, 7) is 4.23. The van der Waals surface area contributed by atoms with E-state index in [2.05, 4.69) is 10.6 Å². The second-order valence-corrected chi connectivity index (χ2v) is 5.48. The maximum absolute atomic E-state index is 11.9.